The third-order valence-electron chi connectivity index (χ3n) is 5.82. The van der Waals surface area contributed by atoms with Crippen molar-refractivity contribution in [2.75, 3.05) is 13.1 Å². The quantitative estimate of drug-likeness (QED) is 0.660. The van der Waals surface area contributed by atoms with Crippen LogP contribution in [0.3, 0.4) is 0 Å². The van der Waals surface area contributed by atoms with Crippen LogP contribution < -0.4 is 5.32 Å². The zero-order chi connectivity index (χ0) is 21.6. The van der Waals surface area contributed by atoms with Gasteiger partial charge in [-0.05, 0) is 44.0 Å². The maximum Gasteiger partial charge on any atom is 0.270 e. The smallest absolute Gasteiger partial charge is 0.270 e. The van der Waals surface area contributed by atoms with E-state index in [2.05, 4.69) is 14.9 Å². The third-order valence-corrected chi connectivity index (χ3v) is 5.82. The van der Waals surface area contributed by atoms with E-state index in [1.54, 1.807) is 24.4 Å². The largest absolute Gasteiger partial charge is 0.343 e. The van der Waals surface area contributed by atoms with Gasteiger partial charge in [-0.15, -0.1) is 0 Å². The molecule has 3 aromatic rings. The minimum absolute atomic E-state index is 0.191. The SMILES string of the molecule is CC(NC(=O)c1ccccn1)c1nc2ccccc2n1CCC(=O)N1CCCCCC1. The van der Waals surface area contributed by atoms with Gasteiger partial charge in [0.15, 0.2) is 0 Å². The van der Waals surface area contributed by atoms with E-state index in [1.165, 1.54) is 12.8 Å². The highest BCUT2D eigenvalue weighted by Gasteiger charge is 2.21. The molecule has 0 saturated carbocycles. The average molecular weight is 420 g/mol. The van der Waals surface area contributed by atoms with E-state index in [4.69, 9.17) is 4.98 Å². The Balaban J connectivity index is 1.52. The minimum atomic E-state index is -0.324. The van der Waals surface area contributed by atoms with E-state index in [0.717, 1.165) is 42.8 Å². The molecule has 1 aliphatic rings. The molecular weight excluding hydrogens is 390 g/mol. The van der Waals surface area contributed by atoms with Crippen molar-refractivity contribution in [2.45, 2.75) is 51.6 Å². The van der Waals surface area contributed by atoms with Crippen molar-refractivity contribution in [3.8, 4) is 0 Å². The van der Waals surface area contributed by atoms with Crippen molar-refractivity contribution in [3.05, 3.63) is 60.2 Å². The Bertz CT molecular complexity index is 1040. The number of carbonyl (C=O) groups is 2. The number of aryl methyl sites for hydroxylation is 1. The molecule has 7 heteroatoms. The molecule has 0 radical (unpaired) electrons. The number of rotatable bonds is 6. The van der Waals surface area contributed by atoms with Crippen LogP contribution in [-0.2, 0) is 11.3 Å². The summed E-state index contributed by atoms with van der Waals surface area (Å²) in [6, 6.07) is 12.8. The molecule has 4 rings (SSSR count). The molecule has 1 unspecified atom stereocenters. The van der Waals surface area contributed by atoms with Crippen LogP contribution in [0.5, 0.6) is 0 Å². The molecule has 2 aromatic heterocycles. The highest BCUT2D eigenvalue weighted by Crippen LogP contribution is 2.22. The standard InChI is InChI=1S/C24H29N5O2/c1-18(26-24(31)20-11-6-7-14-25-20)23-27-19-10-4-5-12-21(19)29(23)17-13-22(30)28-15-8-2-3-9-16-28/h4-7,10-12,14,18H,2-3,8-9,13,15-17H2,1H3,(H,26,31). The normalized spacial score (nSPS) is 15.5. The number of carbonyl (C=O) groups excluding carboxylic acids is 2. The molecule has 31 heavy (non-hydrogen) atoms. The third kappa shape index (κ3) is 4.93. The van der Waals surface area contributed by atoms with E-state index < -0.39 is 0 Å². The highest BCUT2D eigenvalue weighted by atomic mass is 16.2. The summed E-state index contributed by atoms with van der Waals surface area (Å²) < 4.78 is 2.06. The van der Waals surface area contributed by atoms with Gasteiger partial charge in [0.05, 0.1) is 17.1 Å². The van der Waals surface area contributed by atoms with Gasteiger partial charge in [-0.3, -0.25) is 14.6 Å². The summed E-state index contributed by atoms with van der Waals surface area (Å²) in [4.78, 5) is 36.3. The lowest BCUT2D eigenvalue weighted by Gasteiger charge is -2.21. The van der Waals surface area contributed by atoms with Crippen LogP contribution in [0, 0.1) is 0 Å². The number of nitrogens with one attached hydrogen (secondary N) is 1. The predicted molar refractivity (Wildman–Crippen MR) is 120 cm³/mol. The molecular formula is C24H29N5O2. The molecule has 1 N–H and O–H groups in total. The van der Waals surface area contributed by atoms with Crippen LogP contribution in [0.1, 0.15) is 61.4 Å². The topological polar surface area (TPSA) is 80.1 Å². The van der Waals surface area contributed by atoms with Gasteiger partial charge in [0.1, 0.15) is 11.5 Å². The Kier molecular flexibility index (Phi) is 6.60. The Morgan fingerprint density at radius 3 is 2.52 bits per heavy atom. The zero-order valence-electron chi connectivity index (χ0n) is 18.0. The summed E-state index contributed by atoms with van der Waals surface area (Å²) in [6.07, 6.45) is 6.60. The van der Waals surface area contributed by atoms with Crippen LogP contribution in [0.25, 0.3) is 11.0 Å². The van der Waals surface area contributed by atoms with Crippen molar-refractivity contribution in [3.63, 3.8) is 0 Å². The fraction of sp³-hybridized carbons (Fsp3) is 0.417. The summed E-state index contributed by atoms with van der Waals surface area (Å²) in [5.74, 6) is 0.692. The molecule has 1 saturated heterocycles. The van der Waals surface area contributed by atoms with Gasteiger partial charge in [-0.25, -0.2) is 4.98 Å². The van der Waals surface area contributed by atoms with E-state index in [0.29, 0.717) is 18.7 Å². The van der Waals surface area contributed by atoms with Gasteiger partial charge < -0.3 is 14.8 Å². The molecule has 2 amide bonds. The molecule has 0 spiro atoms. The van der Waals surface area contributed by atoms with Gasteiger partial charge in [-0.1, -0.05) is 31.0 Å². The van der Waals surface area contributed by atoms with E-state index in [-0.39, 0.29) is 17.9 Å². The Morgan fingerprint density at radius 2 is 1.77 bits per heavy atom. The number of pyridine rings is 1. The van der Waals surface area contributed by atoms with Gasteiger partial charge >= 0.3 is 0 Å². The summed E-state index contributed by atoms with van der Waals surface area (Å²) in [7, 11) is 0. The fourth-order valence-corrected chi connectivity index (χ4v) is 4.18. The van der Waals surface area contributed by atoms with Crippen LogP contribution in [0.4, 0.5) is 0 Å². The number of benzene rings is 1. The lowest BCUT2D eigenvalue weighted by molar-refractivity contribution is -0.131. The first-order valence-corrected chi connectivity index (χ1v) is 11.1. The Morgan fingerprint density at radius 1 is 1.03 bits per heavy atom. The predicted octanol–water partition coefficient (Wildman–Crippen LogP) is 3.72. The van der Waals surface area contributed by atoms with Crippen LogP contribution in [0.2, 0.25) is 0 Å². The Labute approximate surface area is 182 Å². The van der Waals surface area contributed by atoms with Gasteiger partial charge in [0.25, 0.3) is 5.91 Å². The van der Waals surface area contributed by atoms with Crippen LogP contribution in [-0.4, -0.2) is 44.3 Å². The van der Waals surface area contributed by atoms with E-state index in [1.807, 2.05) is 36.1 Å². The van der Waals surface area contributed by atoms with E-state index in [9.17, 15) is 9.59 Å². The molecule has 162 valence electrons. The van der Waals surface area contributed by atoms with Crippen molar-refractivity contribution in [1.29, 1.82) is 0 Å². The minimum Gasteiger partial charge on any atom is -0.343 e. The van der Waals surface area contributed by atoms with Gasteiger partial charge in [0, 0.05) is 32.3 Å². The second-order valence-electron chi connectivity index (χ2n) is 8.07. The summed E-state index contributed by atoms with van der Waals surface area (Å²) in [5, 5.41) is 2.99. The molecule has 0 bridgehead atoms. The number of imidazole rings is 1. The molecule has 0 aliphatic carbocycles. The number of aromatic nitrogens is 3. The number of nitrogens with zero attached hydrogens (tertiary/aromatic N) is 4. The van der Waals surface area contributed by atoms with Crippen molar-refractivity contribution in [1.82, 2.24) is 24.8 Å². The highest BCUT2D eigenvalue weighted by molar-refractivity contribution is 5.92. The van der Waals surface area contributed by atoms with Crippen LogP contribution in [0.15, 0.2) is 48.7 Å². The first-order chi connectivity index (χ1) is 15.1. The number of hydrogen-bond acceptors (Lipinski definition) is 4. The molecule has 1 fully saturated rings. The molecule has 3 heterocycles. The first-order valence-electron chi connectivity index (χ1n) is 11.1. The second-order valence-corrected chi connectivity index (χ2v) is 8.07. The van der Waals surface area contributed by atoms with Crippen molar-refractivity contribution < 1.29 is 9.59 Å². The summed E-state index contributed by atoms with van der Waals surface area (Å²) in [6.45, 7) is 4.16. The maximum absolute atomic E-state index is 12.8. The Hall–Kier alpha value is -3.22. The van der Waals surface area contributed by atoms with Crippen molar-refractivity contribution in [2.24, 2.45) is 0 Å². The van der Waals surface area contributed by atoms with E-state index >= 15 is 0 Å². The molecule has 7 nitrogen and oxygen atoms in total. The second kappa shape index (κ2) is 9.73. The fourth-order valence-electron chi connectivity index (χ4n) is 4.18. The number of likely N-dealkylation sites (tertiary alicyclic amines) is 1. The molecule has 1 aromatic carbocycles. The summed E-state index contributed by atoms with van der Waals surface area (Å²) in [5.41, 5.74) is 2.20. The summed E-state index contributed by atoms with van der Waals surface area (Å²) >= 11 is 0. The number of para-hydroxylation sites is 2. The lowest BCUT2D eigenvalue weighted by atomic mass is 10.2. The molecule has 1 aliphatic heterocycles. The van der Waals surface area contributed by atoms with Gasteiger partial charge in [0.2, 0.25) is 5.91 Å². The maximum atomic E-state index is 12.8. The number of amides is 2. The lowest BCUT2D eigenvalue weighted by Crippen LogP contribution is -2.33. The van der Waals surface area contributed by atoms with Crippen LogP contribution >= 0.6 is 0 Å². The first kappa shape index (κ1) is 21.0. The molecule has 1 atom stereocenters. The van der Waals surface area contributed by atoms with Gasteiger partial charge in [-0.2, -0.15) is 0 Å². The monoisotopic (exact) mass is 419 g/mol. The van der Waals surface area contributed by atoms with Crippen molar-refractivity contribution >= 4 is 22.8 Å². The number of hydrogen-bond donors (Lipinski definition) is 1. The zero-order valence-corrected chi connectivity index (χ0v) is 18.0. The number of fused-ring (bicyclic) bond motifs is 1. The average Bonchev–Trinajstić information content (AvgIpc) is 2.96.